The smallest absolute Gasteiger partial charge is 0.316 e. The second-order valence-electron chi connectivity index (χ2n) is 7.02. The first-order chi connectivity index (χ1) is 14.7. The van der Waals surface area contributed by atoms with Crippen LogP contribution in [0.5, 0.6) is 6.01 Å². The molecule has 156 valence electrons. The first-order valence-corrected chi connectivity index (χ1v) is 10.8. The summed E-state index contributed by atoms with van der Waals surface area (Å²) in [5, 5.41) is 3.44. The predicted octanol–water partition coefficient (Wildman–Crippen LogP) is 3.22. The van der Waals surface area contributed by atoms with Crippen molar-refractivity contribution < 1.29 is 4.74 Å². The number of thiol groups is 1. The van der Waals surface area contributed by atoms with Crippen molar-refractivity contribution in [2.45, 2.75) is 25.8 Å². The van der Waals surface area contributed by atoms with Crippen molar-refractivity contribution >= 4 is 34.7 Å². The molecule has 0 atom stereocenters. The van der Waals surface area contributed by atoms with E-state index in [1.807, 2.05) is 18.3 Å². The number of fused-ring (bicyclic) bond motifs is 3. The Kier molecular flexibility index (Phi) is 6.10. The van der Waals surface area contributed by atoms with Crippen LogP contribution < -0.4 is 10.1 Å². The minimum atomic E-state index is 0.341. The fourth-order valence-corrected chi connectivity index (χ4v) is 3.98. The van der Waals surface area contributed by atoms with Crippen LogP contribution in [0.25, 0.3) is 33.3 Å². The number of hydrogen-bond donors (Lipinski definition) is 2. The van der Waals surface area contributed by atoms with Gasteiger partial charge in [0.05, 0.1) is 30.0 Å². The first-order valence-electron chi connectivity index (χ1n) is 9.91. The van der Waals surface area contributed by atoms with E-state index >= 15 is 0 Å². The SMILES string of the molecule is COc1ncc(-c2ccc3ncc4nc(C)n(C5CCNCC5)c4c3n2)cn1.CS. The molecule has 0 saturated carbocycles. The van der Waals surface area contributed by atoms with Crippen molar-refractivity contribution in [3.63, 3.8) is 0 Å². The minimum Gasteiger partial charge on any atom is -0.467 e. The maximum absolute atomic E-state index is 5.05. The third kappa shape index (κ3) is 3.70. The van der Waals surface area contributed by atoms with Gasteiger partial charge in [-0.1, -0.05) is 0 Å². The Labute approximate surface area is 180 Å². The molecule has 0 unspecified atom stereocenters. The Morgan fingerprint density at radius 3 is 2.43 bits per heavy atom. The molecule has 1 N–H and O–H groups in total. The van der Waals surface area contributed by atoms with E-state index in [9.17, 15) is 0 Å². The molecule has 0 aromatic carbocycles. The molecule has 4 aromatic rings. The average Bonchev–Trinajstić information content (AvgIpc) is 3.17. The third-order valence-corrected chi connectivity index (χ3v) is 5.32. The molecule has 0 radical (unpaired) electrons. The molecule has 1 saturated heterocycles. The summed E-state index contributed by atoms with van der Waals surface area (Å²) in [4.78, 5) is 22.7. The normalized spacial score (nSPS) is 14.5. The van der Waals surface area contributed by atoms with E-state index in [1.54, 1.807) is 25.8 Å². The Hall–Kier alpha value is -2.78. The maximum Gasteiger partial charge on any atom is 0.316 e. The van der Waals surface area contributed by atoms with Gasteiger partial charge in [-0.3, -0.25) is 4.98 Å². The molecule has 30 heavy (non-hydrogen) atoms. The van der Waals surface area contributed by atoms with Crippen LogP contribution >= 0.6 is 12.6 Å². The molecule has 0 spiro atoms. The summed E-state index contributed by atoms with van der Waals surface area (Å²) in [6, 6.07) is 4.71. The van der Waals surface area contributed by atoms with Gasteiger partial charge in [0, 0.05) is 24.0 Å². The van der Waals surface area contributed by atoms with Crippen molar-refractivity contribution in [2.75, 3.05) is 26.5 Å². The van der Waals surface area contributed by atoms with Crippen LogP contribution in [0.15, 0.2) is 30.7 Å². The van der Waals surface area contributed by atoms with E-state index in [0.29, 0.717) is 12.1 Å². The molecule has 1 aliphatic rings. The van der Waals surface area contributed by atoms with E-state index in [0.717, 1.165) is 65.1 Å². The molecule has 0 bridgehead atoms. The molecule has 0 amide bonds. The summed E-state index contributed by atoms with van der Waals surface area (Å²) in [7, 11) is 1.55. The van der Waals surface area contributed by atoms with Crippen LogP contribution in [0, 0.1) is 6.92 Å². The lowest BCUT2D eigenvalue weighted by Crippen LogP contribution is -2.29. The van der Waals surface area contributed by atoms with E-state index < -0.39 is 0 Å². The predicted molar refractivity (Wildman–Crippen MR) is 121 cm³/mol. The Balaban J connectivity index is 0.00000106. The molecule has 1 fully saturated rings. The second kappa shape index (κ2) is 8.93. The van der Waals surface area contributed by atoms with Crippen molar-refractivity contribution in [1.82, 2.24) is 34.8 Å². The highest BCUT2D eigenvalue weighted by Gasteiger charge is 2.22. The number of nitrogens with one attached hydrogen (secondary N) is 1. The largest absolute Gasteiger partial charge is 0.467 e. The summed E-state index contributed by atoms with van der Waals surface area (Å²) in [5.74, 6) is 1.01. The fraction of sp³-hybridized carbons (Fsp3) is 0.381. The van der Waals surface area contributed by atoms with Gasteiger partial charge >= 0.3 is 6.01 Å². The number of aromatic nitrogens is 6. The molecular formula is C21H25N7OS. The van der Waals surface area contributed by atoms with Crippen molar-refractivity contribution in [3.8, 4) is 17.3 Å². The number of piperidine rings is 1. The topological polar surface area (TPSA) is 90.6 Å². The second-order valence-corrected chi connectivity index (χ2v) is 7.02. The van der Waals surface area contributed by atoms with E-state index in [-0.39, 0.29) is 0 Å². The van der Waals surface area contributed by atoms with Crippen LogP contribution in [-0.4, -0.2) is 55.9 Å². The number of pyridine rings is 2. The molecular weight excluding hydrogens is 398 g/mol. The molecule has 9 heteroatoms. The van der Waals surface area contributed by atoms with E-state index in [2.05, 4.69) is 44.4 Å². The molecule has 4 aromatic heterocycles. The van der Waals surface area contributed by atoms with Crippen molar-refractivity contribution in [2.24, 2.45) is 0 Å². The number of hydrogen-bond acceptors (Lipinski definition) is 8. The Bertz CT molecular complexity index is 1150. The van der Waals surface area contributed by atoms with Gasteiger partial charge in [0.25, 0.3) is 0 Å². The summed E-state index contributed by atoms with van der Waals surface area (Å²) < 4.78 is 7.40. The number of aryl methyl sites for hydroxylation is 1. The standard InChI is InChI=1S/C20H21N7O.CH4S/c1-12-25-17-11-22-16-4-3-15(13-9-23-20(28-2)24-10-13)26-18(16)19(17)27(12)14-5-7-21-8-6-14;1-2/h3-4,9-11,14,21H,5-8H2,1-2H3;2H,1H3. The Morgan fingerprint density at radius 1 is 1.00 bits per heavy atom. The summed E-state index contributed by atoms with van der Waals surface area (Å²) in [6.45, 7) is 4.11. The van der Waals surface area contributed by atoms with Gasteiger partial charge in [0.15, 0.2) is 0 Å². The van der Waals surface area contributed by atoms with Gasteiger partial charge in [0.2, 0.25) is 0 Å². The van der Waals surface area contributed by atoms with Crippen LogP contribution in [-0.2, 0) is 0 Å². The number of ether oxygens (including phenoxy) is 1. The van der Waals surface area contributed by atoms with Crippen molar-refractivity contribution in [1.29, 1.82) is 0 Å². The van der Waals surface area contributed by atoms with Gasteiger partial charge in [-0.05, 0) is 51.2 Å². The zero-order chi connectivity index (χ0) is 21.1. The fourth-order valence-electron chi connectivity index (χ4n) is 3.98. The van der Waals surface area contributed by atoms with Crippen molar-refractivity contribution in [3.05, 3.63) is 36.5 Å². The quantitative estimate of drug-likeness (QED) is 0.489. The average molecular weight is 424 g/mol. The summed E-state index contributed by atoms with van der Waals surface area (Å²) >= 11 is 3.53. The third-order valence-electron chi connectivity index (χ3n) is 5.32. The maximum atomic E-state index is 5.05. The van der Waals surface area contributed by atoms with Gasteiger partial charge in [-0.2, -0.15) is 12.6 Å². The van der Waals surface area contributed by atoms with Crippen LogP contribution in [0.1, 0.15) is 24.7 Å². The zero-order valence-corrected chi connectivity index (χ0v) is 18.2. The molecule has 0 aliphatic carbocycles. The van der Waals surface area contributed by atoms with Crippen LogP contribution in [0.3, 0.4) is 0 Å². The van der Waals surface area contributed by atoms with Gasteiger partial charge in [-0.25, -0.2) is 19.9 Å². The number of nitrogens with zero attached hydrogens (tertiary/aromatic N) is 6. The minimum absolute atomic E-state index is 0.341. The first kappa shape index (κ1) is 20.5. The highest BCUT2D eigenvalue weighted by atomic mass is 32.1. The molecule has 1 aliphatic heterocycles. The van der Waals surface area contributed by atoms with Gasteiger partial charge < -0.3 is 14.6 Å². The highest BCUT2D eigenvalue weighted by molar-refractivity contribution is 7.79. The lowest BCUT2D eigenvalue weighted by atomic mass is 10.1. The van der Waals surface area contributed by atoms with E-state index in [4.69, 9.17) is 14.7 Å². The van der Waals surface area contributed by atoms with Gasteiger partial charge in [-0.15, -0.1) is 0 Å². The highest BCUT2D eigenvalue weighted by Crippen LogP contribution is 2.31. The summed E-state index contributed by atoms with van der Waals surface area (Å²) in [6.07, 6.45) is 9.16. The molecule has 5 heterocycles. The monoisotopic (exact) mass is 423 g/mol. The van der Waals surface area contributed by atoms with Crippen LogP contribution in [0.2, 0.25) is 0 Å². The lowest BCUT2D eigenvalue weighted by Gasteiger charge is -2.25. The summed E-state index contributed by atoms with van der Waals surface area (Å²) in [5.41, 5.74) is 5.32. The number of rotatable bonds is 3. The zero-order valence-electron chi connectivity index (χ0n) is 17.3. The molecule has 8 nitrogen and oxygen atoms in total. The Morgan fingerprint density at radius 2 is 1.73 bits per heavy atom. The molecule has 5 rings (SSSR count). The van der Waals surface area contributed by atoms with Crippen LogP contribution in [0.4, 0.5) is 0 Å². The van der Waals surface area contributed by atoms with Gasteiger partial charge in [0.1, 0.15) is 16.9 Å². The van der Waals surface area contributed by atoms with E-state index in [1.165, 1.54) is 0 Å². The number of methoxy groups -OCH3 is 1. The number of imidazole rings is 1. The lowest BCUT2D eigenvalue weighted by molar-refractivity contribution is 0.370.